The summed E-state index contributed by atoms with van der Waals surface area (Å²) in [5.41, 5.74) is 1.10. The highest BCUT2D eigenvalue weighted by Gasteiger charge is 2.30. The van der Waals surface area contributed by atoms with Gasteiger partial charge in [-0.1, -0.05) is 30.3 Å². The van der Waals surface area contributed by atoms with Crippen molar-refractivity contribution < 1.29 is 9.00 Å². The predicted molar refractivity (Wildman–Crippen MR) is 72.4 cm³/mol. The first kappa shape index (κ1) is 13.2. The van der Waals surface area contributed by atoms with Crippen LogP contribution in [0.2, 0.25) is 0 Å². The molecule has 0 bridgehead atoms. The van der Waals surface area contributed by atoms with Crippen molar-refractivity contribution >= 4 is 16.7 Å². The molecule has 0 spiro atoms. The van der Waals surface area contributed by atoms with Gasteiger partial charge in [-0.3, -0.25) is 14.3 Å². The molecule has 98 valence electrons. The van der Waals surface area contributed by atoms with Gasteiger partial charge in [0.05, 0.1) is 6.54 Å². The van der Waals surface area contributed by atoms with Gasteiger partial charge < -0.3 is 4.90 Å². The van der Waals surface area contributed by atoms with E-state index in [1.54, 1.807) is 6.26 Å². The second-order valence-electron chi connectivity index (χ2n) is 4.41. The maximum atomic E-state index is 11.8. The van der Waals surface area contributed by atoms with Crippen molar-refractivity contribution in [1.29, 1.82) is 0 Å². The molecule has 4 nitrogen and oxygen atoms in total. The number of hydrogen-bond acceptors (Lipinski definition) is 3. The van der Waals surface area contributed by atoms with Crippen molar-refractivity contribution in [3.63, 3.8) is 0 Å². The number of nitrogens with zero attached hydrogens (tertiary/aromatic N) is 1. The van der Waals surface area contributed by atoms with E-state index in [2.05, 4.69) is 5.32 Å². The van der Waals surface area contributed by atoms with Crippen LogP contribution in [0.15, 0.2) is 30.3 Å². The summed E-state index contributed by atoms with van der Waals surface area (Å²) in [6.45, 7) is 1.04. The molecule has 0 saturated carbocycles. The Hall–Kier alpha value is -1.20. The summed E-state index contributed by atoms with van der Waals surface area (Å²) in [6.07, 6.45) is 2.43. The van der Waals surface area contributed by atoms with Crippen molar-refractivity contribution in [1.82, 2.24) is 10.2 Å². The fourth-order valence-corrected chi connectivity index (χ4v) is 2.70. The average Bonchev–Trinajstić information content (AvgIpc) is 2.72. The second kappa shape index (κ2) is 6.11. The molecule has 1 aliphatic rings. The minimum absolute atomic E-state index is 0.0380. The summed E-state index contributed by atoms with van der Waals surface area (Å²) in [5, 5.41) is 3.21. The quantitative estimate of drug-likeness (QED) is 0.861. The van der Waals surface area contributed by atoms with E-state index in [4.69, 9.17) is 0 Å². The first-order valence-electron chi connectivity index (χ1n) is 6.06. The van der Waals surface area contributed by atoms with Gasteiger partial charge in [0, 0.05) is 29.4 Å². The lowest BCUT2D eigenvalue weighted by Gasteiger charge is -2.24. The van der Waals surface area contributed by atoms with Crippen LogP contribution in [-0.2, 0) is 15.6 Å². The topological polar surface area (TPSA) is 49.4 Å². The normalized spacial score (nSPS) is 21.3. The number of hydrogen-bond donors (Lipinski definition) is 1. The molecule has 1 amide bonds. The molecule has 0 radical (unpaired) electrons. The molecule has 2 atom stereocenters. The molecule has 1 saturated heterocycles. The Morgan fingerprint density at radius 1 is 1.39 bits per heavy atom. The van der Waals surface area contributed by atoms with E-state index < -0.39 is 10.8 Å². The zero-order chi connectivity index (χ0) is 13.0. The Kier molecular flexibility index (Phi) is 4.49. The highest BCUT2D eigenvalue weighted by Crippen LogP contribution is 2.22. The van der Waals surface area contributed by atoms with E-state index in [-0.39, 0.29) is 12.1 Å². The van der Waals surface area contributed by atoms with E-state index in [0.29, 0.717) is 18.8 Å². The van der Waals surface area contributed by atoms with Gasteiger partial charge in [-0.15, -0.1) is 0 Å². The molecular formula is C13H18N2O2S. The summed E-state index contributed by atoms with van der Waals surface area (Å²) in [7, 11) is -0.791. The SMILES string of the molecule is CS(=O)CCCN1C(=O)CNC1c1ccccc1. The van der Waals surface area contributed by atoms with Crippen LogP contribution in [0, 0.1) is 0 Å². The van der Waals surface area contributed by atoms with E-state index in [0.717, 1.165) is 12.0 Å². The zero-order valence-corrected chi connectivity index (χ0v) is 11.3. The van der Waals surface area contributed by atoms with Crippen molar-refractivity contribution in [2.45, 2.75) is 12.6 Å². The number of benzene rings is 1. The Morgan fingerprint density at radius 3 is 2.78 bits per heavy atom. The van der Waals surface area contributed by atoms with Crippen molar-refractivity contribution in [3.05, 3.63) is 35.9 Å². The van der Waals surface area contributed by atoms with Crippen LogP contribution in [0.3, 0.4) is 0 Å². The molecular weight excluding hydrogens is 248 g/mol. The molecule has 2 rings (SSSR count). The van der Waals surface area contributed by atoms with Crippen molar-refractivity contribution in [2.75, 3.05) is 25.1 Å². The van der Waals surface area contributed by atoms with E-state index in [9.17, 15) is 9.00 Å². The lowest BCUT2D eigenvalue weighted by atomic mass is 10.1. The van der Waals surface area contributed by atoms with Gasteiger partial charge in [0.25, 0.3) is 0 Å². The summed E-state index contributed by atoms with van der Waals surface area (Å²) in [4.78, 5) is 13.7. The zero-order valence-electron chi connectivity index (χ0n) is 10.5. The number of amides is 1. The first-order valence-corrected chi connectivity index (χ1v) is 7.79. The standard InChI is InChI=1S/C13H18N2O2S/c1-18(17)9-5-8-15-12(16)10-14-13(15)11-6-3-2-4-7-11/h2-4,6-7,13-14H,5,8-10H2,1H3. The Labute approximate surface area is 110 Å². The summed E-state index contributed by atoms with van der Waals surface area (Å²) < 4.78 is 11.0. The molecule has 0 aliphatic carbocycles. The molecule has 0 aromatic heterocycles. The minimum Gasteiger partial charge on any atom is -0.322 e. The van der Waals surface area contributed by atoms with Crippen LogP contribution in [0.25, 0.3) is 0 Å². The van der Waals surface area contributed by atoms with Crippen LogP contribution in [0.4, 0.5) is 0 Å². The monoisotopic (exact) mass is 266 g/mol. The van der Waals surface area contributed by atoms with Gasteiger partial charge >= 0.3 is 0 Å². The molecule has 18 heavy (non-hydrogen) atoms. The molecule has 1 aliphatic heterocycles. The fraction of sp³-hybridized carbons (Fsp3) is 0.462. The molecule has 1 aromatic rings. The van der Waals surface area contributed by atoms with E-state index in [1.807, 2.05) is 35.2 Å². The Balaban J connectivity index is 2.01. The highest BCUT2D eigenvalue weighted by atomic mass is 32.2. The third kappa shape index (κ3) is 3.17. The van der Waals surface area contributed by atoms with Gasteiger partial charge in [-0.2, -0.15) is 0 Å². The van der Waals surface area contributed by atoms with E-state index >= 15 is 0 Å². The van der Waals surface area contributed by atoms with Gasteiger partial charge in [0.2, 0.25) is 5.91 Å². The van der Waals surface area contributed by atoms with Gasteiger partial charge in [0.1, 0.15) is 6.17 Å². The molecule has 1 N–H and O–H groups in total. The molecule has 1 fully saturated rings. The number of carbonyl (C=O) groups is 1. The summed E-state index contributed by atoms with van der Waals surface area (Å²) >= 11 is 0. The Bertz CT molecular complexity index is 436. The van der Waals surface area contributed by atoms with Crippen LogP contribution in [0.1, 0.15) is 18.2 Å². The first-order chi connectivity index (χ1) is 8.68. The number of rotatable bonds is 5. The van der Waals surface area contributed by atoms with Crippen LogP contribution in [0.5, 0.6) is 0 Å². The van der Waals surface area contributed by atoms with E-state index in [1.165, 1.54) is 0 Å². The van der Waals surface area contributed by atoms with Crippen LogP contribution >= 0.6 is 0 Å². The van der Waals surface area contributed by atoms with Crippen molar-refractivity contribution in [3.8, 4) is 0 Å². The molecule has 1 heterocycles. The van der Waals surface area contributed by atoms with Crippen LogP contribution < -0.4 is 5.32 Å². The lowest BCUT2D eigenvalue weighted by molar-refractivity contribution is -0.128. The van der Waals surface area contributed by atoms with Gasteiger partial charge in [-0.25, -0.2) is 0 Å². The van der Waals surface area contributed by atoms with Crippen LogP contribution in [-0.4, -0.2) is 40.1 Å². The highest BCUT2D eigenvalue weighted by molar-refractivity contribution is 7.84. The number of nitrogens with one attached hydrogen (secondary N) is 1. The van der Waals surface area contributed by atoms with Gasteiger partial charge in [-0.05, 0) is 12.0 Å². The summed E-state index contributed by atoms with van der Waals surface area (Å²) in [6, 6.07) is 9.94. The lowest BCUT2D eigenvalue weighted by Crippen LogP contribution is -2.31. The second-order valence-corrected chi connectivity index (χ2v) is 5.97. The number of carbonyl (C=O) groups excluding carboxylic acids is 1. The molecule has 5 heteroatoms. The maximum absolute atomic E-state index is 11.8. The van der Waals surface area contributed by atoms with Crippen molar-refractivity contribution in [2.24, 2.45) is 0 Å². The fourth-order valence-electron chi connectivity index (χ4n) is 2.16. The molecule has 2 unspecified atom stereocenters. The largest absolute Gasteiger partial charge is 0.322 e. The maximum Gasteiger partial charge on any atom is 0.238 e. The smallest absolute Gasteiger partial charge is 0.238 e. The average molecular weight is 266 g/mol. The predicted octanol–water partition coefficient (Wildman–Crippen LogP) is 0.886. The molecule has 1 aromatic carbocycles. The minimum atomic E-state index is -0.791. The van der Waals surface area contributed by atoms with Gasteiger partial charge in [0.15, 0.2) is 0 Å². The summed E-state index contributed by atoms with van der Waals surface area (Å²) in [5.74, 6) is 0.761. The third-order valence-electron chi connectivity index (χ3n) is 3.02. The third-order valence-corrected chi connectivity index (χ3v) is 3.89. The Morgan fingerprint density at radius 2 is 2.11 bits per heavy atom.